The van der Waals surface area contributed by atoms with Crippen LogP contribution in [0.1, 0.15) is 47.0 Å². The maximum atomic E-state index is 9.19. The molecule has 1 atom stereocenters. The van der Waals surface area contributed by atoms with Crippen molar-refractivity contribution in [3.05, 3.63) is 60.7 Å². The average molecular weight is 371 g/mol. The van der Waals surface area contributed by atoms with Crippen LogP contribution in [0.4, 0.5) is 0 Å². The Bertz CT molecular complexity index is 595. The molecule has 0 amide bonds. The second-order valence-corrected chi connectivity index (χ2v) is 12.4. The lowest BCUT2D eigenvalue weighted by atomic mass is 10.0. The van der Waals surface area contributed by atoms with Gasteiger partial charge in [-0.15, -0.1) is 0 Å². The van der Waals surface area contributed by atoms with Crippen molar-refractivity contribution in [2.45, 2.75) is 52.0 Å². The zero-order valence-corrected chi connectivity index (χ0v) is 17.7. The number of rotatable bonds is 9. The Labute approximate surface area is 160 Å². The number of benzene rings is 2. The van der Waals surface area contributed by atoms with Crippen LogP contribution in [-0.4, -0.2) is 26.6 Å². The second-order valence-electron chi connectivity index (χ2n) is 8.11. The summed E-state index contributed by atoms with van der Waals surface area (Å²) in [5.41, 5.74) is 0. The average Bonchev–Trinajstić information content (AvgIpc) is 2.65. The minimum Gasteiger partial charge on any atom is -0.407 e. The summed E-state index contributed by atoms with van der Waals surface area (Å²) >= 11 is 0. The van der Waals surface area contributed by atoms with E-state index in [1.165, 1.54) is 10.4 Å². The Morgan fingerprint density at radius 3 is 1.81 bits per heavy atom. The predicted octanol–water partition coefficient (Wildman–Crippen LogP) is 4.36. The Morgan fingerprint density at radius 1 is 0.923 bits per heavy atom. The van der Waals surface area contributed by atoms with Gasteiger partial charge in [-0.3, -0.25) is 0 Å². The molecule has 142 valence electrons. The van der Waals surface area contributed by atoms with Crippen molar-refractivity contribution in [1.82, 2.24) is 0 Å². The maximum Gasteiger partial charge on any atom is 0.261 e. The lowest BCUT2D eigenvalue weighted by Gasteiger charge is -2.43. The van der Waals surface area contributed by atoms with Crippen LogP contribution in [0.15, 0.2) is 60.7 Å². The van der Waals surface area contributed by atoms with Crippen LogP contribution in [0, 0.1) is 5.92 Å². The van der Waals surface area contributed by atoms with Crippen molar-refractivity contribution in [2.75, 3.05) is 13.2 Å². The Hall–Kier alpha value is -1.42. The van der Waals surface area contributed by atoms with Gasteiger partial charge in [-0.1, -0.05) is 94.8 Å². The molecule has 0 fully saturated rings. The highest BCUT2D eigenvalue weighted by atomic mass is 28.4. The van der Waals surface area contributed by atoms with Gasteiger partial charge in [0, 0.05) is 13.2 Å². The summed E-state index contributed by atoms with van der Waals surface area (Å²) in [5, 5.41) is 11.9. The molecule has 3 heteroatoms. The first kappa shape index (κ1) is 20.9. The molecular formula is C23H34O2Si. The molecule has 0 aliphatic carbocycles. The molecule has 0 radical (unpaired) electrons. The minimum atomic E-state index is -2.43. The third kappa shape index (κ3) is 4.64. The van der Waals surface area contributed by atoms with E-state index in [1.807, 2.05) is 0 Å². The number of hydrogen-bond acceptors (Lipinski definition) is 2. The van der Waals surface area contributed by atoms with E-state index in [2.05, 4.69) is 88.4 Å². The first-order valence-corrected chi connectivity index (χ1v) is 11.7. The van der Waals surface area contributed by atoms with E-state index < -0.39 is 8.32 Å². The summed E-state index contributed by atoms with van der Waals surface area (Å²) in [4.78, 5) is 0. The summed E-state index contributed by atoms with van der Waals surface area (Å²) in [6.07, 6.45) is 2.95. The Kier molecular flexibility index (Phi) is 7.63. The van der Waals surface area contributed by atoms with Crippen LogP contribution in [0.3, 0.4) is 0 Å². The van der Waals surface area contributed by atoms with Gasteiger partial charge in [0.1, 0.15) is 0 Å². The van der Waals surface area contributed by atoms with Crippen molar-refractivity contribution >= 4 is 18.7 Å². The highest BCUT2D eigenvalue weighted by molar-refractivity contribution is 6.99. The molecule has 2 aromatic rings. The van der Waals surface area contributed by atoms with Gasteiger partial charge < -0.3 is 9.53 Å². The molecule has 2 nitrogen and oxygen atoms in total. The van der Waals surface area contributed by atoms with E-state index in [4.69, 9.17) is 4.43 Å². The zero-order valence-electron chi connectivity index (χ0n) is 16.7. The largest absolute Gasteiger partial charge is 0.407 e. The second kappa shape index (κ2) is 9.49. The molecule has 0 aromatic heterocycles. The van der Waals surface area contributed by atoms with Gasteiger partial charge in [-0.05, 0) is 34.2 Å². The fraction of sp³-hybridized carbons (Fsp3) is 0.478. The van der Waals surface area contributed by atoms with Gasteiger partial charge in [0.15, 0.2) is 0 Å². The minimum absolute atomic E-state index is 0.0188. The number of aliphatic hydroxyl groups excluding tert-OH is 1. The van der Waals surface area contributed by atoms with Gasteiger partial charge in [-0.2, -0.15) is 0 Å². The summed E-state index contributed by atoms with van der Waals surface area (Å²) in [7, 11) is -2.43. The lowest BCUT2D eigenvalue weighted by molar-refractivity contribution is 0.205. The topological polar surface area (TPSA) is 29.5 Å². The van der Waals surface area contributed by atoms with Gasteiger partial charge in [0.25, 0.3) is 8.32 Å². The van der Waals surface area contributed by atoms with E-state index in [-0.39, 0.29) is 11.6 Å². The van der Waals surface area contributed by atoms with E-state index in [0.717, 1.165) is 25.9 Å². The lowest BCUT2D eigenvalue weighted by Crippen LogP contribution is -2.66. The summed E-state index contributed by atoms with van der Waals surface area (Å²) in [6.45, 7) is 10.2. The zero-order chi connectivity index (χ0) is 19.0. The van der Waals surface area contributed by atoms with E-state index in [9.17, 15) is 5.11 Å². The fourth-order valence-electron chi connectivity index (χ4n) is 3.79. The standard InChI is InChI=1S/C23H34O2Si/c1-5-20(13-12-18-24)19-25-26(23(2,3)4,21-14-8-6-9-15-21)22-16-10-7-11-17-22/h6-11,14-17,20,24H,5,12-13,18-19H2,1-4H3/t20-/m1/s1. The quantitative estimate of drug-likeness (QED) is 0.665. The molecular weight excluding hydrogens is 336 g/mol. The van der Waals surface area contributed by atoms with Crippen molar-refractivity contribution in [3.63, 3.8) is 0 Å². The van der Waals surface area contributed by atoms with Crippen molar-refractivity contribution in [1.29, 1.82) is 0 Å². The SMILES string of the molecule is CC[C@H](CCCO)CO[Si](c1ccccc1)(c1ccccc1)C(C)(C)C. The first-order valence-electron chi connectivity index (χ1n) is 9.81. The van der Waals surface area contributed by atoms with E-state index >= 15 is 0 Å². The Balaban J connectivity index is 2.47. The molecule has 0 aliphatic heterocycles. The van der Waals surface area contributed by atoms with Gasteiger partial charge >= 0.3 is 0 Å². The van der Waals surface area contributed by atoms with E-state index in [1.54, 1.807) is 0 Å². The summed E-state index contributed by atoms with van der Waals surface area (Å²) in [5.74, 6) is 0.490. The molecule has 0 saturated carbocycles. The third-order valence-corrected chi connectivity index (χ3v) is 10.3. The molecule has 0 saturated heterocycles. The van der Waals surface area contributed by atoms with Crippen LogP contribution < -0.4 is 10.4 Å². The van der Waals surface area contributed by atoms with Gasteiger partial charge in [0.2, 0.25) is 0 Å². The molecule has 1 N–H and O–H groups in total. The van der Waals surface area contributed by atoms with Crippen LogP contribution in [0.2, 0.25) is 5.04 Å². The molecule has 26 heavy (non-hydrogen) atoms. The normalized spacial score (nSPS) is 13.6. The van der Waals surface area contributed by atoms with Crippen molar-refractivity contribution in [2.24, 2.45) is 5.92 Å². The van der Waals surface area contributed by atoms with Crippen LogP contribution in [-0.2, 0) is 4.43 Å². The molecule has 2 rings (SSSR count). The molecule has 0 aliphatic rings. The highest BCUT2D eigenvalue weighted by Crippen LogP contribution is 2.37. The molecule has 0 bridgehead atoms. The maximum absolute atomic E-state index is 9.19. The number of hydrogen-bond donors (Lipinski definition) is 1. The van der Waals surface area contributed by atoms with Gasteiger partial charge in [0.05, 0.1) is 0 Å². The number of aliphatic hydroxyl groups is 1. The smallest absolute Gasteiger partial charge is 0.261 e. The summed E-state index contributed by atoms with van der Waals surface area (Å²) < 4.78 is 6.97. The molecule has 0 heterocycles. The molecule has 0 unspecified atom stereocenters. The highest BCUT2D eigenvalue weighted by Gasteiger charge is 2.50. The van der Waals surface area contributed by atoms with E-state index in [0.29, 0.717) is 5.92 Å². The predicted molar refractivity (Wildman–Crippen MR) is 114 cm³/mol. The van der Waals surface area contributed by atoms with Crippen LogP contribution >= 0.6 is 0 Å². The monoisotopic (exact) mass is 370 g/mol. The van der Waals surface area contributed by atoms with Crippen LogP contribution in [0.5, 0.6) is 0 Å². The molecule has 2 aromatic carbocycles. The summed E-state index contributed by atoms with van der Waals surface area (Å²) in [6, 6.07) is 21.6. The Morgan fingerprint density at radius 2 is 1.42 bits per heavy atom. The van der Waals surface area contributed by atoms with Crippen LogP contribution in [0.25, 0.3) is 0 Å². The fourth-order valence-corrected chi connectivity index (χ4v) is 8.43. The van der Waals surface area contributed by atoms with Crippen molar-refractivity contribution < 1.29 is 9.53 Å². The first-order chi connectivity index (χ1) is 12.5. The molecule has 0 spiro atoms. The van der Waals surface area contributed by atoms with Gasteiger partial charge in [-0.25, -0.2) is 0 Å². The third-order valence-electron chi connectivity index (χ3n) is 5.30. The van der Waals surface area contributed by atoms with Crippen molar-refractivity contribution in [3.8, 4) is 0 Å².